The summed E-state index contributed by atoms with van der Waals surface area (Å²) in [6.45, 7) is 14.9. The Morgan fingerprint density at radius 2 is 1.76 bits per heavy atom. The predicted molar refractivity (Wildman–Crippen MR) is 75.2 cm³/mol. The van der Waals surface area contributed by atoms with Gasteiger partial charge in [0, 0.05) is 6.54 Å². The quantitative estimate of drug-likeness (QED) is 0.398. The molecule has 0 spiro atoms. The standard InChI is InChI=1S/C15H29NO/c1-7-10-16-11-9-13(12-17)15(5,6)14(3,4)8-2/h9,12,16H,7-8,10-11H2,1-6H3/b13-9-. The Kier molecular flexibility index (Phi) is 6.69. The van der Waals surface area contributed by atoms with Crippen LogP contribution in [0.2, 0.25) is 0 Å². The maximum Gasteiger partial charge on any atom is 0.146 e. The molecule has 0 unspecified atom stereocenters. The van der Waals surface area contributed by atoms with Crippen molar-refractivity contribution >= 4 is 6.29 Å². The molecule has 0 aliphatic carbocycles. The molecule has 0 aliphatic rings. The molecule has 2 heteroatoms. The van der Waals surface area contributed by atoms with Gasteiger partial charge in [0.1, 0.15) is 6.29 Å². The number of rotatable bonds is 8. The maximum atomic E-state index is 11.3. The lowest BCUT2D eigenvalue weighted by atomic mass is 9.62. The molecule has 0 fully saturated rings. The van der Waals surface area contributed by atoms with E-state index in [4.69, 9.17) is 0 Å². The van der Waals surface area contributed by atoms with E-state index in [0.717, 1.165) is 37.8 Å². The smallest absolute Gasteiger partial charge is 0.146 e. The lowest BCUT2D eigenvalue weighted by Gasteiger charge is -2.41. The zero-order chi connectivity index (χ0) is 13.5. The van der Waals surface area contributed by atoms with Crippen LogP contribution < -0.4 is 5.32 Å². The first-order valence-electron chi connectivity index (χ1n) is 6.70. The van der Waals surface area contributed by atoms with Crippen LogP contribution in [0.1, 0.15) is 54.4 Å². The van der Waals surface area contributed by atoms with Crippen LogP contribution in [-0.2, 0) is 4.79 Å². The highest BCUT2D eigenvalue weighted by Crippen LogP contribution is 2.45. The molecule has 1 N–H and O–H groups in total. The second-order valence-corrected chi connectivity index (χ2v) is 5.84. The van der Waals surface area contributed by atoms with Crippen LogP contribution >= 0.6 is 0 Å². The largest absolute Gasteiger partial charge is 0.313 e. The summed E-state index contributed by atoms with van der Waals surface area (Å²) in [7, 11) is 0. The second-order valence-electron chi connectivity index (χ2n) is 5.84. The van der Waals surface area contributed by atoms with Crippen LogP contribution in [0.5, 0.6) is 0 Å². The van der Waals surface area contributed by atoms with E-state index in [1.165, 1.54) is 0 Å². The Hall–Kier alpha value is -0.630. The van der Waals surface area contributed by atoms with E-state index in [0.29, 0.717) is 0 Å². The van der Waals surface area contributed by atoms with Crippen LogP contribution in [0.15, 0.2) is 11.6 Å². The summed E-state index contributed by atoms with van der Waals surface area (Å²) in [4.78, 5) is 11.3. The lowest BCUT2D eigenvalue weighted by molar-refractivity contribution is -0.106. The first kappa shape index (κ1) is 16.4. The van der Waals surface area contributed by atoms with Crippen LogP contribution in [-0.4, -0.2) is 19.4 Å². The van der Waals surface area contributed by atoms with Gasteiger partial charge in [0.05, 0.1) is 0 Å². The number of aldehydes is 1. The van der Waals surface area contributed by atoms with Gasteiger partial charge in [0.2, 0.25) is 0 Å². The van der Waals surface area contributed by atoms with Crippen molar-refractivity contribution in [1.29, 1.82) is 0 Å². The first-order valence-corrected chi connectivity index (χ1v) is 6.70. The van der Waals surface area contributed by atoms with Crippen molar-refractivity contribution in [3.63, 3.8) is 0 Å². The van der Waals surface area contributed by atoms with Gasteiger partial charge in [-0.15, -0.1) is 0 Å². The van der Waals surface area contributed by atoms with Crippen molar-refractivity contribution < 1.29 is 4.79 Å². The van der Waals surface area contributed by atoms with Crippen molar-refractivity contribution in [2.45, 2.75) is 54.4 Å². The average Bonchev–Trinajstić information content (AvgIpc) is 2.28. The summed E-state index contributed by atoms with van der Waals surface area (Å²) in [5, 5.41) is 3.31. The van der Waals surface area contributed by atoms with E-state index in [1.54, 1.807) is 0 Å². The minimum absolute atomic E-state index is 0.0859. The number of nitrogens with one attached hydrogen (secondary N) is 1. The third-order valence-corrected chi connectivity index (χ3v) is 4.32. The van der Waals surface area contributed by atoms with Gasteiger partial charge in [-0.3, -0.25) is 4.79 Å². The third kappa shape index (κ3) is 4.27. The van der Waals surface area contributed by atoms with E-state index in [-0.39, 0.29) is 10.8 Å². The fourth-order valence-corrected chi connectivity index (χ4v) is 1.74. The highest BCUT2D eigenvalue weighted by molar-refractivity contribution is 5.75. The molecule has 0 aliphatic heterocycles. The zero-order valence-electron chi connectivity index (χ0n) is 12.4. The van der Waals surface area contributed by atoms with E-state index < -0.39 is 0 Å². The Morgan fingerprint density at radius 1 is 1.18 bits per heavy atom. The summed E-state index contributed by atoms with van der Waals surface area (Å²) in [5.74, 6) is 0. The second kappa shape index (κ2) is 6.95. The summed E-state index contributed by atoms with van der Waals surface area (Å²) in [6.07, 6.45) is 5.24. The molecule has 0 amide bonds. The highest BCUT2D eigenvalue weighted by Gasteiger charge is 2.38. The van der Waals surface area contributed by atoms with Gasteiger partial charge in [-0.2, -0.15) is 0 Å². The summed E-state index contributed by atoms with van der Waals surface area (Å²) >= 11 is 0. The molecule has 0 bridgehead atoms. The monoisotopic (exact) mass is 239 g/mol. The molecule has 0 atom stereocenters. The summed E-state index contributed by atoms with van der Waals surface area (Å²) in [6, 6.07) is 0. The molecule has 0 aromatic heterocycles. The van der Waals surface area contributed by atoms with Gasteiger partial charge in [-0.25, -0.2) is 0 Å². The topological polar surface area (TPSA) is 29.1 Å². The third-order valence-electron chi connectivity index (χ3n) is 4.32. The zero-order valence-corrected chi connectivity index (χ0v) is 12.4. The highest BCUT2D eigenvalue weighted by atomic mass is 16.1. The molecular formula is C15H29NO. The fourth-order valence-electron chi connectivity index (χ4n) is 1.74. The number of hydrogen-bond acceptors (Lipinski definition) is 2. The molecule has 100 valence electrons. The van der Waals surface area contributed by atoms with Crippen molar-refractivity contribution in [3.05, 3.63) is 11.6 Å². The van der Waals surface area contributed by atoms with Crippen molar-refractivity contribution in [3.8, 4) is 0 Å². The number of carbonyl (C=O) groups excluding carboxylic acids is 1. The molecule has 0 rings (SSSR count). The molecule has 0 aromatic rings. The van der Waals surface area contributed by atoms with Gasteiger partial charge in [0.15, 0.2) is 0 Å². The Bertz CT molecular complexity index is 264. The Labute approximate surface area is 107 Å². The normalized spacial score (nSPS) is 13.9. The number of allylic oxidation sites excluding steroid dienone is 1. The molecule has 0 aromatic carbocycles. The van der Waals surface area contributed by atoms with Crippen LogP contribution in [0.4, 0.5) is 0 Å². The molecule has 0 radical (unpaired) electrons. The maximum absolute atomic E-state index is 11.3. The number of carbonyl (C=O) groups is 1. The van der Waals surface area contributed by atoms with Crippen molar-refractivity contribution in [1.82, 2.24) is 5.32 Å². The number of hydrogen-bond donors (Lipinski definition) is 1. The Morgan fingerprint density at radius 3 is 2.18 bits per heavy atom. The lowest BCUT2D eigenvalue weighted by Crippen LogP contribution is -2.34. The van der Waals surface area contributed by atoms with Crippen LogP contribution in [0, 0.1) is 10.8 Å². The molecule has 2 nitrogen and oxygen atoms in total. The predicted octanol–water partition coefficient (Wildman–Crippen LogP) is 3.57. The average molecular weight is 239 g/mol. The molecule has 17 heavy (non-hydrogen) atoms. The molecule has 0 saturated heterocycles. The molecule has 0 saturated carbocycles. The van der Waals surface area contributed by atoms with E-state index in [2.05, 4.69) is 46.9 Å². The van der Waals surface area contributed by atoms with Gasteiger partial charge in [-0.05, 0) is 29.4 Å². The van der Waals surface area contributed by atoms with Gasteiger partial charge in [0.25, 0.3) is 0 Å². The minimum Gasteiger partial charge on any atom is -0.313 e. The Balaban J connectivity index is 4.79. The van der Waals surface area contributed by atoms with Crippen molar-refractivity contribution in [2.24, 2.45) is 10.8 Å². The van der Waals surface area contributed by atoms with E-state index in [9.17, 15) is 4.79 Å². The first-order chi connectivity index (χ1) is 7.83. The fraction of sp³-hybridized carbons (Fsp3) is 0.800. The summed E-state index contributed by atoms with van der Waals surface area (Å²) in [5.41, 5.74) is 0.954. The minimum atomic E-state index is -0.0859. The summed E-state index contributed by atoms with van der Waals surface area (Å²) < 4.78 is 0. The van der Waals surface area contributed by atoms with Crippen molar-refractivity contribution in [2.75, 3.05) is 13.1 Å². The van der Waals surface area contributed by atoms with E-state index >= 15 is 0 Å². The van der Waals surface area contributed by atoms with Gasteiger partial charge >= 0.3 is 0 Å². The SMILES string of the molecule is CCCNC/C=C(/C=O)C(C)(C)C(C)(C)CC. The van der Waals surface area contributed by atoms with Gasteiger partial charge < -0.3 is 5.32 Å². The van der Waals surface area contributed by atoms with Crippen LogP contribution in [0.25, 0.3) is 0 Å². The van der Waals surface area contributed by atoms with Gasteiger partial charge in [-0.1, -0.05) is 54.0 Å². The molecular weight excluding hydrogens is 210 g/mol. The molecule has 0 heterocycles. The van der Waals surface area contributed by atoms with Crippen LogP contribution in [0.3, 0.4) is 0 Å². The van der Waals surface area contributed by atoms with E-state index in [1.807, 2.05) is 6.08 Å².